The van der Waals surface area contributed by atoms with Crippen molar-refractivity contribution in [3.05, 3.63) is 58.3 Å². The van der Waals surface area contributed by atoms with Crippen molar-refractivity contribution in [1.82, 2.24) is 10.3 Å². The van der Waals surface area contributed by atoms with E-state index in [2.05, 4.69) is 26.2 Å². The highest BCUT2D eigenvalue weighted by atomic mass is 79.9. The van der Waals surface area contributed by atoms with Crippen LogP contribution in [0.25, 0.3) is 0 Å². The highest BCUT2D eigenvalue weighted by Crippen LogP contribution is 2.11. The van der Waals surface area contributed by atoms with Crippen LogP contribution in [0.5, 0.6) is 0 Å². The molecule has 6 nitrogen and oxygen atoms in total. The van der Waals surface area contributed by atoms with Crippen molar-refractivity contribution in [3.8, 4) is 0 Å². The molecule has 1 amide bonds. The van der Waals surface area contributed by atoms with E-state index in [0.29, 0.717) is 15.7 Å². The predicted molar refractivity (Wildman–Crippen MR) is 80.9 cm³/mol. The molecule has 2 aromatic rings. The van der Waals surface area contributed by atoms with Gasteiger partial charge in [-0.1, -0.05) is 12.1 Å². The zero-order valence-corrected chi connectivity index (χ0v) is 13.2. The van der Waals surface area contributed by atoms with Gasteiger partial charge in [0.05, 0.1) is 4.90 Å². The Kier molecular flexibility index (Phi) is 4.71. The second-order valence-electron chi connectivity index (χ2n) is 4.24. The van der Waals surface area contributed by atoms with E-state index in [9.17, 15) is 13.2 Å². The van der Waals surface area contributed by atoms with Gasteiger partial charge in [0.25, 0.3) is 5.91 Å². The molecule has 0 radical (unpaired) electrons. The number of aromatic nitrogens is 1. The number of benzene rings is 1. The smallest absolute Gasteiger partial charge is 0.251 e. The number of amides is 1. The Hall–Kier alpha value is -1.77. The molecule has 1 aromatic heterocycles. The second-order valence-corrected chi connectivity index (χ2v) is 6.62. The Bertz CT molecular complexity index is 778. The zero-order chi connectivity index (χ0) is 15.5. The van der Waals surface area contributed by atoms with Gasteiger partial charge in [0.1, 0.15) is 4.60 Å². The van der Waals surface area contributed by atoms with Crippen molar-refractivity contribution < 1.29 is 13.2 Å². The molecule has 0 unspecified atom stereocenters. The minimum Gasteiger partial charge on any atom is -0.348 e. The van der Waals surface area contributed by atoms with Crippen LogP contribution in [-0.2, 0) is 16.6 Å². The molecule has 0 bridgehead atoms. The lowest BCUT2D eigenvalue weighted by Crippen LogP contribution is -2.23. The van der Waals surface area contributed by atoms with Crippen LogP contribution >= 0.6 is 15.9 Å². The first kappa shape index (κ1) is 15.6. The van der Waals surface area contributed by atoms with Crippen LogP contribution in [0.2, 0.25) is 0 Å². The van der Waals surface area contributed by atoms with Crippen LogP contribution in [0.4, 0.5) is 0 Å². The second kappa shape index (κ2) is 6.33. The van der Waals surface area contributed by atoms with Gasteiger partial charge in [-0.15, -0.1) is 0 Å². The molecule has 0 aliphatic rings. The maximum atomic E-state index is 11.9. The number of hydrogen-bond acceptors (Lipinski definition) is 4. The molecule has 0 saturated heterocycles. The molecule has 8 heteroatoms. The Morgan fingerprint density at radius 3 is 2.71 bits per heavy atom. The maximum Gasteiger partial charge on any atom is 0.251 e. The average molecular weight is 370 g/mol. The topological polar surface area (TPSA) is 102 Å². The van der Waals surface area contributed by atoms with Gasteiger partial charge in [0.15, 0.2) is 0 Å². The summed E-state index contributed by atoms with van der Waals surface area (Å²) in [6.07, 6.45) is 1.51. The summed E-state index contributed by atoms with van der Waals surface area (Å²) in [4.78, 5) is 15.9. The van der Waals surface area contributed by atoms with Crippen molar-refractivity contribution >= 4 is 31.9 Å². The first-order chi connectivity index (χ1) is 9.86. The molecule has 110 valence electrons. The van der Waals surface area contributed by atoms with Crippen LogP contribution in [0.15, 0.2) is 52.1 Å². The van der Waals surface area contributed by atoms with Gasteiger partial charge in [0, 0.05) is 18.3 Å². The molecule has 0 saturated carbocycles. The van der Waals surface area contributed by atoms with Crippen molar-refractivity contribution in [1.29, 1.82) is 0 Å². The first-order valence-electron chi connectivity index (χ1n) is 5.88. The van der Waals surface area contributed by atoms with E-state index in [1.807, 2.05) is 0 Å². The van der Waals surface area contributed by atoms with Crippen molar-refractivity contribution in [2.24, 2.45) is 5.14 Å². The molecule has 1 heterocycles. The predicted octanol–water partition coefficient (Wildman–Crippen LogP) is 1.42. The molecule has 21 heavy (non-hydrogen) atoms. The summed E-state index contributed by atoms with van der Waals surface area (Å²) >= 11 is 3.19. The number of primary sulfonamides is 1. The molecular weight excluding hydrogens is 358 g/mol. The molecule has 0 aliphatic carbocycles. The number of carbonyl (C=O) groups is 1. The minimum atomic E-state index is -3.75. The summed E-state index contributed by atoms with van der Waals surface area (Å²) in [5, 5.41) is 7.76. The summed E-state index contributed by atoms with van der Waals surface area (Å²) < 4.78 is 23.1. The number of halogens is 1. The van der Waals surface area contributed by atoms with Crippen molar-refractivity contribution in [2.75, 3.05) is 0 Å². The third-order valence-corrected chi connectivity index (χ3v) is 4.01. The third-order valence-electron chi connectivity index (χ3n) is 2.67. The number of sulfonamides is 1. The van der Waals surface area contributed by atoms with Gasteiger partial charge < -0.3 is 5.32 Å². The Morgan fingerprint density at radius 2 is 2.05 bits per heavy atom. The number of rotatable bonds is 4. The lowest BCUT2D eigenvalue weighted by atomic mass is 10.2. The van der Waals surface area contributed by atoms with Crippen LogP contribution in [-0.4, -0.2) is 19.3 Å². The number of hydrogen-bond donors (Lipinski definition) is 2. The Labute approximate surface area is 130 Å². The molecule has 1 aromatic carbocycles. The fourth-order valence-electron chi connectivity index (χ4n) is 1.66. The monoisotopic (exact) mass is 369 g/mol. The average Bonchev–Trinajstić information content (AvgIpc) is 2.44. The summed E-state index contributed by atoms with van der Waals surface area (Å²) in [7, 11) is -3.75. The number of nitrogens with zero attached hydrogens (tertiary/aromatic N) is 1. The quantitative estimate of drug-likeness (QED) is 0.795. The lowest BCUT2D eigenvalue weighted by molar-refractivity contribution is 0.0950. The van der Waals surface area contributed by atoms with E-state index < -0.39 is 10.0 Å². The number of nitrogens with one attached hydrogen (secondary N) is 1. The summed E-state index contributed by atoms with van der Waals surface area (Å²) in [5.41, 5.74) is 1.10. The maximum absolute atomic E-state index is 11.9. The van der Waals surface area contributed by atoms with E-state index >= 15 is 0 Å². The molecule has 0 fully saturated rings. The van der Waals surface area contributed by atoms with E-state index in [1.165, 1.54) is 18.3 Å². The van der Waals surface area contributed by atoms with Crippen molar-refractivity contribution in [3.63, 3.8) is 0 Å². The van der Waals surface area contributed by atoms with Crippen LogP contribution in [0.3, 0.4) is 0 Å². The fraction of sp³-hybridized carbons (Fsp3) is 0.0769. The summed E-state index contributed by atoms with van der Waals surface area (Å²) in [6, 6.07) is 9.29. The van der Waals surface area contributed by atoms with Gasteiger partial charge in [-0.25, -0.2) is 18.5 Å². The van der Waals surface area contributed by atoms with Gasteiger partial charge >= 0.3 is 0 Å². The van der Waals surface area contributed by atoms with Crippen molar-refractivity contribution in [2.45, 2.75) is 11.4 Å². The zero-order valence-electron chi connectivity index (χ0n) is 10.8. The molecule has 3 N–H and O–H groups in total. The minimum absolute atomic E-state index is 0.0147. The molecule has 0 spiro atoms. The highest BCUT2D eigenvalue weighted by Gasteiger charge is 2.09. The molecule has 0 aliphatic heterocycles. The highest BCUT2D eigenvalue weighted by molar-refractivity contribution is 9.10. The summed E-state index contributed by atoms with van der Waals surface area (Å²) in [5.74, 6) is -0.279. The third kappa shape index (κ3) is 4.35. The normalized spacial score (nSPS) is 11.1. The largest absolute Gasteiger partial charge is 0.348 e. The van der Waals surface area contributed by atoms with E-state index in [1.54, 1.807) is 24.3 Å². The lowest BCUT2D eigenvalue weighted by Gasteiger charge is -2.07. The number of pyridine rings is 1. The van der Waals surface area contributed by atoms with E-state index in [4.69, 9.17) is 5.14 Å². The van der Waals surface area contributed by atoms with E-state index in [-0.39, 0.29) is 17.3 Å². The van der Waals surface area contributed by atoms with E-state index in [0.717, 1.165) is 0 Å². The molecule has 0 atom stereocenters. The van der Waals surface area contributed by atoms with Crippen LogP contribution in [0, 0.1) is 0 Å². The van der Waals surface area contributed by atoms with Gasteiger partial charge in [0.2, 0.25) is 10.0 Å². The van der Waals surface area contributed by atoms with Gasteiger partial charge in [-0.05, 0) is 45.8 Å². The number of nitrogens with two attached hydrogens (primary N) is 1. The SMILES string of the molecule is NS(=O)(=O)c1cccc(CNC(=O)c2ccnc(Br)c2)c1. The van der Waals surface area contributed by atoms with Crippen LogP contribution in [0.1, 0.15) is 15.9 Å². The van der Waals surface area contributed by atoms with Crippen LogP contribution < -0.4 is 10.5 Å². The standard InChI is InChI=1S/C13H12BrN3O3S/c14-12-7-10(4-5-16-12)13(18)17-8-9-2-1-3-11(6-9)21(15,19)20/h1-7H,8H2,(H,17,18)(H2,15,19,20). The molecule has 2 rings (SSSR count). The van der Waals surface area contributed by atoms with Gasteiger partial charge in [-0.3, -0.25) is 4.79 Å². The first-order valence-corrected chi connectivity index (χ1v) is 8.22. The van der Waals surface area contributed by atoms with Gasteiger partial charge in [-0.2, -0.15) is 0 Å². The Morgan fingerprint density at radius 1 is 1.29 bits per heavy atom. The number of carbonyl (C=O) groups excluding carboxylic acids is 1. The molecular formula is C13H12BrN3O3S. The Balaban J connectivity index is 2.08. The fourth-order valence-corrected chi connectivity index (χ4v) is 2.61. The summed E-state index contributed by atoms with van der Waals surface area (Å²) in [6.45, 7) is 0.197.